The maximum atomic E-state index is 12.2. The normalized spacial score (nSPS) is 20.8. The van der Waals surface area contributed by atoms with Crippen LogP contribution in [0.1, 0.15) is 35.6 Å². The molecule has 24 heavy (non-hydrogen) atoms. The van der Waals surface area contributed by atoms with Crippen LogP contribution >= 0.6 is 11.3 Å². The smallest absolute Gasteiger partial charge is 0.223 e. The van der Waals surface area contributed by atoms with Crippen molar-refractivity contribution >= 4 is 17.2 Å². The Labute approximate surface area is 147 Å². The molecule has 3 rings (SSSR count). The van der Waals surface area contributed by atoms with E-state index in [4.69, 9.17) is 10.7 Å². The molecule has 1 aliphatic carbocycles. The number of amides is 1. The SMILES string of the molecule is Cc1sc(CCNC(=O)C2CCCC(N)C2)nc1-c1ccccc1. The van der Waals surface area contributed by atoms with E-state index in [1.54, 1.807) is 11.3 Å². The summed E-state index contributed by atoms with van der Waals surface area (Å²) in [6.45, 7) is 2.75. The van der Waals surface area contributed by atoms with Crippen molar-refractivity contribution in [3.05, 3.63) is 40.2 Å². The maximum Gasteiger partial charge on any atom is 0.223 e. The molecular weight excluding hydrogens is 318 g/mol. The largest absolute Gasteiger partial charge is 0.355 e. The lowest BCUT2D eigenvalue weighted by atomic mass is 9.85. The molecule has 0 saturated heterocycles. The van der Waals surface area contributed by atoms with Crippen molar-refractivity contribution in [3.63, 3.8) is 0 Å². The van der Waals surface area contributed by atoms with Gasteiger partial charge in [-0.2, -0.15) is 0 Å². The number of benzene rings is 1. The van der Waals surface area contributed by atoms with E-state index in [1.165, 1.54) is 4.88 Å². The van der Waals surface area contributed by atoms with E-state index in [0.29, 0.717) is 6.54 Å². The Hall–Kier alpha value is -1.72. The Morgan fingerprint density at radius 3 is 2.88 bits per heavy atom. The van der Waals surface area contributed by atoms with Crippen LogP contribution in [0.25, 0.3) is 11.3 Å². The highest BCUT2D eigenvalue weighted by Gasteiger charge is 2.24. The van der Waals surface area contributed by atoms with Gasteiger partial charge in [-0.05, 0) is 26.2 Å². The van der Waals surface area contributed by atoms with Crippen LogP contribution in [0.5, 0.6) is 0 Å². The Morgan fingerprint density at radius 1 is 1.33 bits per heavy atom. The van der Waals surface area contributed by atoms with Crippen LogP contribution in [-0.4, -0.2) is 23.5 Å². The first-order valence-electron chi connectivity index (χ1n) is 8.68. The summed E-state index contributed by atoms with van der Waals surface area (Å²) in [6.07, 6.45) is 4.67. The molecule has 1 heterocycles. The molecule has 2 aromatic rings. The number of thiazole rings is 1. The summed E-state index contributed by atoms with van der Waals surface area (Å²) in [5.41, 5.74) is 8.18. The molecule has 4 nitrogen and oxygen atoms in total. The molecule has 0 bridgehead atoms. The van der Waals surface area contributed by atoms with Crippen LogP contribution in [0.15, 0.2) is 30.3 Å². The van der Waals surface area contributed by atoms with Crippen LogP contribution < -0.4 is 11.1 Å². The van der Waals surface area contributed by atoms with Crippen molar-refractivity contribution in [1.29, 1.82) is 0 Å². The van der Waals surface area contributed by atoms with E-state index in [-0.39, 0.29) is 17.9 Å². The maximum absolute atomic E-state index is 12.2. The fourth-order valence-corrected chi connectivity index (χ4v) is 4.28. The third-order valence-corrected chi connectivity index (χ3v) is 5.64. The Bertz CT molecular complexity index is 683. The van der Waals surface area contributed by atoms with E-state index in [0.717, 1.165) is 48.4 Å². The lowest BCUT2D eigenvalue weighted by Crippen LogP contribution is -2.38. The second-order valence-corrected chi connectivity index (χ2v) is 7.83. The fraction of sp³-hybridized carbons (Fsp3) is 0.474. The van der Waals surface area contributed by atoms with Crippen LogP contribution in [0, 0.1) is 12.8 Å². The second kappa shape index (κ2) is 7.90. The monoisotopic (exact) mass is 343 g/mol. The zero-order valence-corrected chi connectivity index (χ0v) is 14.9. The van der Waals surface area contributed by atoms with E-state index in [2.05, 4.69) is 24.4 Å². The molecule has 1 fully saturated rings. The van der Waals surface area contributed by atoms with Crippen molar-refractivity contribution in [1.82, 2.24) is 10.3 Å². The van der Waals surface area contributed by atoms with Gasteiger partial charge in [-0.15, -0.1) is 11.3 Å². The van der Waals surface area contributed by atoms with Crippen molar-refractivity contribution in [2.24, 2.45) is 11.7 Å². The lowest BCUT2D eigenvalue weighted by Gasteiger charge is -2.25. The van der Waals surface area contributed by atoms with Crippen molar-refractivity contribution in [3.8, 4) is 11.3 Å². The van der Waals surface area contributed by atoms with Gasteiger partial charge in [-0.25, -0.2) is 4.98 Å². The van der Waals surface area contributed by atoms with Gasteiger partial charge >= 0.3 is 0 Å². The van der Waals surface area contributed by atoms with Gasteiger partial charge in [-0.3, -0.25) is 4.79 Å². The van der Waals surface area contributed by atoms with E-state index in [1.807, 2.05) is 18.2 Å². The number of aryl methyl sites for hydroxylation is 1. The molecule has 5 heteroatoms. The first-order chi connectivity index (χ1) is 11.6. The lowest BCUT2D eigenvalue weighted by molar-refractivity contribution is -0.126. The fourth-order valence-electron chi connectivity index (χ4n) is 3.32. The van der Waals surface area contributed by atoms with Gasteiger partial charge in [-0.1, -0.05) is 36.8 Å². The van der Waals surface area contributed by atoms with Crippen molar-refractivity contribution < 1.29 is 4.79 Å². The summed E-state index contributed by atoms with van der Waals surface area (Å²) in [6, 6.07) is 10.4. The Balaban J connectivity index is 1.53. The van der Waals surface area contributed by atoms with Gasteiger partial charge in [0.1, 0.15) is 0 Å². The van der Waals surface area contributed by atoms with E-state index < -0.39 is 0 Å². The highest BCUT2D eigenvalue weighted by molar-refractivity contribution is 7.12. The van der Waals surface area contributed by atoms with Gasteiger partial charge in [0.25, 0.3) is 0 Å². The minimum atomic E-state index is 0.0895. The molecule has 1 saturated carbocycles. The average Bonchev–Trinajstić information content (AvgIpc) is 2.96. The summed E-state index contributed by atoms with van der Waals surface area (Å²) >= 11 is 1.71. The number of aromatic nitrogens is 1. The molecule has 2 atom stereocenters. The summed E-state index contributed by atoms with van der Waals surface area (Å²) in [5.74, 6) is 0.244. The molecule has 0 aliphatic heterocycles. The third-order valence-electron chi connectivity index (χ3n) is 4.61. The molecule has 0 radical (unpaired) electrons. The number of carbonyl (C=O) groups is 1. The number of rotatable bonds is 5. The van der Waals surface area contributed by atoms with Crippen LogP contribution in [0.3, 0.4) is 0 Å². The molecule has 1 aromatic carbocycles. The quantitative estimate of drug-likeness (QED) is 0.875. The molecule has 1 aliphatic rings. The number of hydrogen-bond acceptors (Lipinski definition) is 4. The molecule has 1 amide bonds. The molecular formula is C19H25N3OS. The second-order valence-electron chi connectivity index (χ2n) is 6.54. The van der Waals surface area contributed by atoms with Gasteiger partial charge in [0, 0.05) is 35.4 Å². The van der Waals surface area contributed by atoms with Crippen LogP contribution in [0.4, 0.5) is 0 Å². The van der Waals surface area contributed by atoms with E-state index >= 15 is 0 Å². The van der Waals surface area contributed by atoms with Crippen LogP contribution in [0.2, 0.25) is 0 Å². The van der Waals surface area contributed by atoms with Gasteiger partial charge in [0.2, 0.25) is 5.91 Å². The minimum absolute atomic E-state index is 0.0895. The molecule has 3 N–H and O–H groups in total. The van der Waals surface area contributed by atoms with Gasteiger partial charge in [0.05, 0.1) is 10.7 Å². The first kappa shape index (κ1) is 17.1. The zero-order valence-electron chi connectivity index (χ0n) is 14.1. The summed E-state index contributed by atoms with van der Waals surface area (Å²) in [7, 11) is 0. The Kier molecular flexibility index (Phi) is 5.63. The van der Waals surface area contributed by atoms with E-state index in [9.17, 15) is 4.79 Å². The van der Waals surface area contributed by atoms with Crippen molar-refractivity contribution in [2.75, 3.05) is 6.54 Å². The number of carbonyl (C=O) groups excluding carboxylic acids is 1. The Morgan fingerprint density at radius 2 is 2.12 bits per heavy atom. The molecule has 2 unspecified atom stereocenters. The predicted molar refractivity (Wildman–Crippen MR) is 98.9 cm³/mol. The average molecular weight is 343 g/mol. The standard InChI is InChI=1S/C19H25N3OS/c1-13-18(14-6-3-2-4-7-14)22-17(24-13)10-11-21-19(23)15-8-5-9-16(20)12-15/h2-4,6-7,15-16H,5,8-12,20H2,1H3,(H,21,23). The first-order valence-corrected chi connectivity index (χ1v) is 9.50. The summed E-state index contributed by atoms with van der Waals surface area (Å²) < 4.78 is 0. The summed E-state index contributed by atoms with van der Waals surface area (Å²) in [4.78, 5) is 18.2. The topological polar surface area (TPSA) is 68.0 Å². The predicted octanol–water partition coefficient (Wildman–Crippen LogP) is 3.29. The number of nitrogens with zero attached hydrogens (tertiary/aromatic N) is 1. The zero-order chi connectivity index (χ0) is 16.9. The minimum Gasteiger partial charge on any atom is -0.355 e. The summed E-state index contributed by atoms with van der Waals surface area (Å²) in [5, 5.41) is 4.14. The highest BCUT2D eigenvalue weighted by Crippen LogP contribution is 2.27. The number of nitrogens with two attached hydrogens (primary N) is 1. The number of hydrogen-bond donors (Lipinski definition) is 2. The molecule has 0 spiro atoms. The van der Waals surface area contributed by atoms with Gasteiger partial charge in [0.15, 0.2) is 0 Å². The molecule has 1 aromatic heterocycles. The van der Waals surface area contributed by atoms with Gasteiger partial charge < -0.3 is 11.1 Å². The highest BCUT2D eigenvalue weighted by atomic mass is 32.1. The number of nitrogens with one attached hydrogen (secondary N) is 1. The molecule has 128 valence electrons. The van der Waals surface area contributed by atoms with Crippen molar-refractivity contribution in [2.45, 2.75) is 45.1 Å². The third kappa shape index (κ3) is 4.22. The van der Waals surface area contributed by atoms with Crippen LogP contribution in [-0.2, 0) is 11.2 Å².